The number of benzene rings is 2. The number of hydrogen-bond acceptors (Lipinski definition) is 6. The van der Waals surface area contributed by atoms with Crippen LogP contribution in [0, 0.1) is 5.82 Å². The van der Waals surface area contributed by atoms with Gasteiger partial charge >= 0.3 is 0 Å². The molecule has 2 heterocycles. The van der Waals surface area contributed by atoms with Crippen molar-refractivity contribution in [3.05, 3.63) is 66.2 Å². The smallest absolute Gasteiger partial charge is 0.234 e. The van der Waals surface area contributed by atoms with Gasteiger partial charge in [-0.15, -0.1) is 22.0 Å². The summed E-state index contributed by atoms with van der Waals surface area (Å²) in [4.78, 5) is 14.6. The Morgan fingerprint density at radius 1 is 1.28 bits per heavy atom. The van der Waals surface area contributed by atoms with Crippen molar-refractivity contribution in [2.75, 3.05) is 25.2 Å². The molecule has 1 fully saturated rings. The maximum absolute atomic E-state index is 14.2. The van der Waals surface area contributed by atoms with E-state index in [0.29, 0.717) is 17.3 Å². The number of methoxy groups -OCH3 is 1. The summed E-state index contributed by atoms with van der Waals surface area (Å²) >= 11 is 2.90. The maximum Gasteiger partial charge on any atom is 0.234 e. The lowest BCUT2D eigenvalue weighted by Crippen LogP contribution is -2.32. The number of nitrogens with zero attached hydrogens (tertiary/aromatic N) is 4. The fourth-order valence-electron chi connectivity index (χ4n) is 3.11. The van der Waals surface area contributed by atoms with E-state index < -0.39 is 0 Å². The van der Waals surface area contributed by atoms with Crippen LogP contribution in [-0.4, -0.2) is 50.7 Å². The van der Waals surface area contributed by atoms with E-state index in [1.54, 1.807) is 48.3 Å². The molecule has 150 valence electrons. The van der Waals surface area contributed by atoms with Crippen LogP contribution in [0.15, 0.2) is 60.0 Å². The molecule has 0 unspecified atom stereocenters. The summed E-state index contributed by atoms with van der Waals surface area (Å²) in [7, 11) is 1.62. The van der Waals surface area contributed by atoms with Gasteiger partial charge in [-0.05, 0) is 30.3 Å². The van der Waals surface area contributed by atoms with Crippen molar-refractivity contribution in [3.63, 3.8) is 0 Å². The zero-order chi connectivity index (χ0) is 20.2. The molecule has 0 spiro atoms. The second kappa shape index (κ2) is 8.87. The molecule has 0 aliphatic carbocycles. The zero-order valence-corrected chi connectivity index (χ0v) is 17.3. The van der Waals surface area contributed by atoms with Crippen molar-refractivity contribution in [1.82, 2.24) is 19.7 Å². The van der Waals surface area contributed by atoms with Gasteiger partial charge in [0.2, 0.25) is 5.91 Å². The van der Waals surface area contributed by atoms with E-state index in [-0.39, 0.29) is 22.9 Å². The minimum absolute atomic E-state index is 0.0440. The summed E-state index contributed by atoms with van der Waals surface area (Å²) in [6.45, 7) is 0.605. The van der Waals surface area contributed by atoms with E-state index in [2.05, 4.69) is 10.2 Å². The van der Waals surface area contributed by atoms with Crippen LogP contribution >= 0.6 is 23.5 Å². The van der Waals surface area contributed by atoms with Gasteiger partial charge in [-0.2, -0.15) is 0 Å². The average molecular weight is 431 g/mol. The van der Waals surface area contributed by atoms with Gasteiger partial charge in [0, 0.05) is 23.5 Å². The van der Waals surface area contributed by atoms with Gasteiger partial charge < -0.3 is 9.64 Å². The number of ether oxygens (including phenoxy) is 1. The molecule has 3 aromatic rings. The van der Waals surface area contributed by atoms with Gasteiger partial charge in [0.05, 0.1) is 12.9 Å². The largest absolute Gasteiger partial charge is 0.497 e. The number of aromatic nitrogens is 3. The van der Waals surface area contributed by atoms with Gasteiger partial charge in [0.25, 0.3) is 0 Å². The molecular formula is C20H19FN4O2S2. The van der Waals surface area contributed by atoms with E-state index in [1.807, 2.05) is 28.8 Å². The Morgan fingerprint density at radius 3 is 2.83 bits per heavy atom. The van der Waals surface area contributed by atoms with Crippen LogP contribution in [0.1, 0.15) is 10.9 Å². The van der Waals surface area contributed by atoms with E-state index in [9.17, 15) is 9.18 Å². The average Bonchev–Trinajstić information content (AvgIpc) is 3.42. The molecule has 2 aromatic carbocycles. The van der Waals surface area contributed by atoms with E-state index in [0.717, 1.165) is 17.2 Å². The van der Waals surface area contributed by atoms with Crippen molar-refractivity contribution in [2.24, 2.45) is 0 Å². The highest BCUT2D eigenvalue weighted by molar-refractivity contribution is 8.00. The van der Waals surface area contributed by atoms with Crippen LogP contribution in [0.2, 0.25) is 0 Å². The molecule has 1 saturated heterocycles. The monoisotopic (exact) mass is 430 g/mol. The number of thioether (sulfide) groups is 2. The lowest BCUT2D eigenvalue weighted by atomic mass is 10.2. The molecule has 6 nitrogen and oxygen atoms in total. The summed E-state index contributed by atoms with van der Waals surface area (Å²) in [5, 5.41) is 8.44. The van der Waals surface area contributed by atoms with Gasteiger partial charge in [-0.1, -0.05) is 30.0 Å². The van der Waals surface area contributed by atoms with Crippen molar-refractivity contribution in [2.45, 2.75) is 10.5 Å². The van der Waals surface area contributed by atoms with Crippen molar-refractivity contribution in [1.29, 1.82) is 0 Å². The fraction of sp³-hybridized carbons (Fsp3) is 0.250. The molecule has 0 radical (unpaired) electrons. The normalized spacial score (nSPS) is 16.2. The second-order valence-electron chi connectivity index (χ2n) is 6.30. The highest BCUT2D eigenvalue weighted by Crippen LogP contribution is 2.39. The third kappa shape index (κ3) is 4.25. The molecule has 0 bridgehead atoms. The lowest BCUT2D eigenvalue weighted by molar-refractivity contribution is -0.128. The Balaban J connectivity index is 1.45. The third-order valence-electron chi connectivity index (χ3n) is 4.57. The Kier molecular flexibility index (Phi) is 6.05. The number of carbonyl (C=O) groups excluding carboxylic acids is 1. The van der Waals surface area contributed by atoms with Crippen LogP contribution < -0.4 is 4.74 Å². The van der Waals surface area contributed by atoms with Crippen LogP contribution in [0.4, 0.5) is 4.39 Å². The van der Waals surface area contributed by atoms with Crippen molar-refractivity contribution >= 4 is 29.4 Å². The summed E-state index contributed by atoms with van der Waals surface area (Å²) in [5.74, 6) is 1.43. The van der Waals surface area contributed by atoms with Crippen molar-refractivity contribution < 1.29 is 13.9 Å². The minimum atomic E-state index is -0.288. The number of hydrogen-bond donors (Lipinski definition) is 0. The molecule has 0 saturated carbocycles. The van der Waals surface area contributed by atoms with Gasteiger partial charge in [0.15, 0.2) is 5.16 Å². The van der Waals surface area contributed by atoms with Gasteiger partial charge in [0.1, 0.15) is 23.3 Å². The highest BCUT2D eigenvalue weighted by Gasteiger charge is 2.32. The SMILES string of the molecule is COc1ccc(-n2cnnc2SCC(=O)N2CCS[C@@H]2c2ccccc2F)cc1. The summed E-state index contributed by atoms with van der Waals surface area (Å²) in [6.07, 6.45) is 1.61. The Hall–Kier alpha value is -2.52. The topological polar surface area (TPSA) is 60.2 Å². The first kappa shape index (κ1) is 19.8. The second-order valence-corrected chi connectivity index (χ2v) is 8.43. The first-order valence-corrected chi connectivity index (χ1v) is 11.0. The molecule has 4 rings (SSSR count). The Morgan fingerprint density at radius 2 is 2.07 bits per heavy atom. The highest BCUT2D eigenvalue weighted by atomic mass is 32.2. The maximum atomic E-state index is 14.2. The third-order valence-corrected chi connectivity index (χ3v) is 6.74. The fourth-order valence-corrected chi connectivity index (χ4v) is 5.22. The molecule has 9 heteroatoms. The number of amides is 1. The first-order chi connectivity index (χ1) is 14.2. The molecule has 29 heavy (non-hydrogen) atoms. The zero-order valence-electron chi connectivity index (χ0n) is 15.7. The van der Waals surface area contributed by atoms with Gasteiger partial charge in [-0.3, -0.25) is 9.36 Å². The quantitative estimate of drug-likeness (QED) is 0.555. The summed E-state index contributed by atoms with van der Waals surface area (Å²) in [6, 6.07) is 14.1. The van der Waals surface area contributed by atoms with Crippen molar-refractivity contribution in [3.8, 4) is 11.4 Å². The molecular weight excluding hydrogens is 411 g/mol. The minimum Gasteiger partial charge on any atom is -0.497 e. The van der Waals surface area contributed by atoms with Crippen LogP contribution in [0.5, 0.6) is 5.75 Å². The predicted octanol–water partition coefficient (Wildman–Crippen LogP) is 3.78. The molecule has 1 aliphatic rings. The lowest BCUT2D eigenvalue weighted by Gasteiger charge is -2.24. The molecule has 1 aliphatic heterocycles. The van der Waals surface area contributed by atoms with Crippen LogP contribution in [0.3, 0.4) is 0 Å². The molecule has 1 aromatic heterocycles. The van der Waals surface area contributed by atoms with Crippen LogP contribution in [-0.2, 0) is 4.79 Å². The molecule has 1 atom stereocenters. The Bertz CT molecular complexity index is 996. The van der Waals surface area contributed by atoms with E-state index >= 15 is 0 Å². The number of halogens is 1. The molecule has 1 amide bonds. The van der Waals surface area contributed by atoms with E-state index in [4.69, 9.17) is 4.74 Å². The number of carbonyl (C=O) groups is 1. The Labute approximate surface area is 176 Å². The first-order valence-electron chi connectivity index (χ1n) is 9.00. The number of rotatable bonds is 6. The van der Waals surface area contributed by atoms with E-state index in [1.165, 1.54) is 17.8 Å². The predicted molar refractivity (Wildman–Crippen MR) is 112 cm³/mol. The van der Waals surface area contributed by atoms with Crippen LogP contribution in [0.25, 0.3) is 5.69 Å². The van der Waals surface area contributed by atoms with Gasteiger partial charge in [-0.25, -0.2) is 4.39 Å². The standard InChI is InChI=1S/C20H19FN4O2S2/c1-27-15-8-6-14(7-9-15)25-13-22-23-20(25)29-12-18(26)24-10-11-28-19(24)16-4-2-3-5-17(16)21/h2-9,13,19H,10-12H2,1H3/t19-/m1/s1. The summed E-state index contributed by atoms with van der Waals surface area (Å²) in [5.41, 5.74) is 1.43. The summed E-state index contributed by atoms with van der Waals surface area (Å²) < 4.78 is 21.2. The molecule has 0 N–H and O–H groups in total.